The van der Waals surface area contributed by atoms with Crippen LogP contribution in [-0.4, -0.2) is 18.2 Å². The zero-order chi connectivity index (χ0) is 14.8. The number of carboxylic acid groups (broad SMARTS) is 1. The molecule has 1 heterocycles. The van der Waals surface area contributed by atoms with Crippen LogP contribution in [0.15, 0.2) is 54.3 Å². The van der Waals surface area contributed by atoms with Gasteiger partial charge >= 0.3 is 5.97 Å². The molecule has 3 rings (SSSR count). The Kier molecular flexibility index (Phi) is 3.23. The molecule has 0 atom stereocenters. The standard InChI is InChI=1S/C16H12O5/c1-19-11-7-8-12-13(9-11)21-15(16(17)18)14(20-12)10-5-3-2-4-6-10/h2-9H,1H3,(H,17,18). The van der Waals surface area contributed by atoms with Crippen molar-refractivity contribution in [1.29, 1.82) is 0 Å². The van der Waals surface area contributed by atoms with E-state index in [1.165, 1.54) is 7.11 Å². The van der Waals surface area contributed by atoms with Gasteiger partial charge in [-0.15, -0.1) is 0 Å². The Labute approximate surface area is 121 Å². The van der Waals surface area contributed by atoms with Crippen molar-refractivity contribution >= 4 is 11.7 Å². The lowest BCUT2D eigenvalue weighted by Crippen LogP contribution is -2.18. The quantitative estimate of drug-likeness (QED) is 0.938. The second-order valence-electron chi connectivity index (χ2n) is 4.35. The smallest absolute Gasteiger partial charge is 0.375 e. The first-order valence-corrected chi connectivity index (χ1v) is 6.26. The highest BCUT2D eigenvalue weighted by Gasteiger charge is 2.28. The van der Waals surface area contributed by atoms with Crippen molar-refractivity contribution in [2.75, 3.05) is 7.11 Å². The molecule has 0 saturated carbocycles. The van der Waals surface area contributed by atoms with Crippen molar-refractivity contribution < 1.29 is 24.1 Å². The Morgan fingerprint density at radius 3 is 2.48 bits per heavy atom. The fraction of sp³-hybridized carbons (Fsp3) is 0.0625. The van der Waals surface area contributed by atoms with Gasteiger partial charge in [-0.05, 0) is 12.1 Å². The van der Waals surface area contributed by atoms with E-state index in [-0.39, 0.29) is 11.5 Å². The Morgan fingerprint density at radius 2 is 1.81 bits per heavy atom. The van der Waals surface area contributed by atoms with E-state index < -0.39 is 5.97 Å². The van der Waals surface area contributed by atoms with E-state index in [2.05, 4.69) is 0 Å². The molecule has 106 valence electrons. The number of carbonyl (C=O) groups is 1. The third-order valence-electron chi connectivity index (χ3n) is 3.01. The summed E-state index contributed by atoms with van der Waals surface area (Å²) < 4.78 is 16.3. The minimum absolute atomic E-state index is 0.181. The Balaban J connectivity index is 2.08. The summed E-state index contributed by atoms with van der Waals surface area (Å²) in [5.41, 5.74) is 0.636. The molecular weight excluding hydrogens is 272 g/mol. The van der Waals surface area contributed by atoms with Crippen LogP contribution in [0.2, 0.25) is 0 Å². The van der Waals surface area contributed by atoms with E-state index in [0.717, 1.165) is 0 Å². The molecule has 1 N–H and O–H groups in total. The van der Waals surface area contributed by atoms with Gasteiger partial charge in [-0.2, -0.15) is 0 Å². The molecule has 0 aliphatic carbocycles. The SMILES string of the molecule is COc1ccc2c(c1)OC(C(=O)O)=C(c1ccccc1)O2. The predicted molar refractivity (Wildman–Crippen MR) is 75.2 cm³/mol. The largest absolute Gasteiger partial charge is 0.497 e. The summed E-state index contributed by atoms with van der Waals surface area (Å²) in [5, 5.41) is 9.33. The van der Waals surface area contributed by atoms with Gasteiger partial charge in [0.2, 0.25) is 0 Å². The maximum Gasteiger partial charge on any atom is 0.375 e. The van der Waals surface area contributed by atoms with Crippen LogP contribution in [-0.2, 0) is 4.79 Å². The average molecular weight is 284 g/mol. The van der Waals surface area contributed by atoms with E-state index >= 15 is 0 Å². The van der Waals surface area contributed by atoms with E-state index in [0.29, 0.717) is 22.8 Å². The Bertz CT molecular complexity index is 719. The van der Waals surface area contributed by atoms with Crippen molar-refractivity contribution in [1.82, 2.24) is 0 Å². The lowest BCUT2D eigenvalue weighted by atomic mass is 10.1. The molecule has 0 aromatic heterocycles. The molecule has 0 unspecified atom stereocenters. The van der Waals surface area contributed by atoms with Crippen LogP contribution in [0.25, 0.3) is 5.76 Å². The number of aliphatic carboxylic acids is 1. The zero-order valence-corrected chi connectivity index (χ0v) is 11.2. The first kappa shape index (κ1) is 13.1. The predicted octanol–water partition coefficient (Wildman–Crippen LogP) is 2.92. The highest BCUT2D eigenvalue weighted by atomic mass is 16.6. The van der Waals surface area contributed by atoms with Gasteiger partial charge < -0.3 is 19.3 Å². The summed E-state index contributed by atoms with van der Waals surface area (Å²) in [6.45, 7) is 0. The third kappa shape index (κ3) is 2.41. The second kappa shape index (κ2) is 5.20. The topological polar surface area (TPSA) is 65.0 Å². The van der Waals surface area contributed by atoms with Gasteiger partial charge in [0.25, 0.3) is 5.76 Å². The third-order valence-corrected chi connectivity index (χ3v) is 3.01. The molecule has 0 saturated heterocycles. The molecule has 5 heteroatoms. The monoisotopic (exact) mass is 284 g/mol. The van der Waals surface area contributed by atoms with Crippen molar-refractivity contribution in [3.8, 4) is 17.2 Å². The number of ether oxygens (including phenoxy) is 3. The summed E-state index contributed by atoms with van der Waals surface area (Å²) in [6.07, 6.45) is 0. The summed E-state index contributed by atoms with van der Waals surface area (Å²) in [6, 6.07) is 13.9. The van der Waals surface area contributed by atoms with E-state index in [9.17, 15) is 9.90 Å². The summed E-state index contributed by atoms with van der Waals surface area (Å²) in [5.74, 6) is 0.0568. The van der Waals surface area contributed by atoms with Gasteiger partial charge in [-0.25, -0.2) is 4.79 Å². The van der Waals surface area contributed by atoms with Gasteiger partial charge in [-0.3, -0.25) is 0 Å². The minimum Gasteiger partial charge on any atom is -0.497 e. The maximum absolute atomic E-state index is 11.4. The molecule has 0 amide bonds. The van der Waals surface area contributed by atoms with Crippen LogP contribution in [0.3, 0.4) is 0 Å². The molecule has 0 radical (unpaired) electrons. The fourth-order valence-corrected chi connectivity index (χ4v) is 2.01. The second-order valence-corrected chi connectivity index (χ2v) is 4.35. The minimum atomic E-state index is -1.19. The van der Waals surface area contributed by atoms with Crippen molar-refractivity contribution in [2.45, 2.75) is 0 Å². The van der Waals surface area contributed by atoms with Gasteiger partial charge in [0, 0.05) is 11.6 Å². The molecule has 1 aliphatic rings. The van der Waals surface area contributed by atoms with Gasteiger partial charge in [0.15, 0.2) is 17.3 Å². The normalized spacial score (nSPS) is 13.0. The molecular formula is C16H12O5. The molecule has 5 nitrogen and oxygen atoms in total. The Hall–Kier alpha value is -2.95. The number of hydrogen-bond acceptors (Lipinski definition) is 4. The first-order chi connectivity index (χ1) is 10.2. The van der Waals surface area contributed by atoms with E-state index in [1.807, 2.05) is 6.07 Å². The lowest BCUT2D eigenvalue weighted by Gasteiger charge is -2.22. The maximum atomic E-state index is 11.4. The molecule has 1 aliphatic heterocycles. The number of fused-ring (bicyclic) bond motifs is 1. The van der Waals surface area contributed by atoms with Crippen LogP contribution >= 0.6 is 0 Å². The summed E-state index contributed by atoms with van der Waals surface area (Å²) >= 11 is 0. The van der Waals surface area contributed by atoms with Gasteiger partial charge in [0.05, 0.1) is 7.11 Å². The molecule has 0 spiro atoms. The highest BCUT2D eigenvalue weighted by Crippen LogP contribution is 2.40. The van der Waals surface area contributed by atoms with Crippen molar-refractivity contribution in [2.24, 2.45) is 0 Å². The molecule has 21 heavy (non-hydrogen) atoms. The molecule has 2 aromatic carbocycles. The number of carboxylic acids is 1. The van der Waals surface area contributed by atoms with E-state index in [1.54, 1.807) is 42.5 Å². The van der Waals surface area contributed by atoms with Crippen LogP contribution in [0.4, 0.5) is 0 Å². The first-order valence-electron chi connectivity index (χ1n) is 6.26. The summed E-state index contributed by atoms with van der Waals surface area (Å²) in [7, 11) is 1.52. The average Bonchev–Trinajstić information content (AvgIpc) is 2.53. The number of methoxy groups -OCH3 is 1. The van der Waals surface area contributed by atoms with Crippen LogP contribution in [0.1, 0.15) is 5.56 Å². The summed E-state index contributed by atoms with van der Waals surface area (Å²) in [4.78, 5) is 11.4. The van der Waals surface area contributed by atoms with Crippen LogP contribution in [0, 0.1) is 0 Å². The number of benzene rings is 2. The molecule has 0 bridgehead atoms. The lowest BCUT2D eigenvalue weighted by molar-refractivity contribution is -0.135. The molecule has 0 fully saturated rings. The Morgan fingerprint density at radius 1 is 1.05 bits per heavy atom. The van der Waals surface area contributed by atoms with Gasteiger partial charge in [-0.1, -0.05) is 30.3 Å². The van der Waals surface area contributed by atoms with Crippen LogP contribution < -0.4 is 14.2 Å². The van der Waals surface area contributed by atoms with Gasteiger partial charge in [0.1, 0.15) is 5.75 Å². The van der Waals surface area contributed by atoms with Crippen LogP contribution in [0.5, 0.6) is 17.2 Å². The number of rotatable bonds is 3. The highest BCUT2D eigenvalue weighted by molar-refractivity contribution is 5.94. The van der Waals surface area contributed by atoms with E-state index in [4.69, 9.17) is 14.2 Å². The number of hydrogen-bond donors (Lipinski definition) is 1. The zero-order valence-electron chi connectivity index (χ0n) is 11.2. The van der Waals surface area contributed by atoms with Crippen molar-refractivity contribution in [3.63, 3.8) is 0 Å². The molecule has 2 aromatic rings. The fourth-order valence-electron chi connectivity index (χ4n) is 2.01. The van der Waals surface area contributed by atoms with Crippen molar-refractivity contribution in [3.05, 3.63) is 59.9 Å².